The van der Waals surface area contributed by atoms with Crippen molar-refractivity contribution in [2.75, 3.05) is 0 Å². The van der Waals surface area contributed by atoms with Gasteiger partial charge in [-0.2, -0.15) is 5.10 Å². The number of hydrogen-bond donors (Lipinski definition) is 2. The third-order valence-electron chi connectivity index (χ3n) is 5.11. The fourth-order valence-corrected chi connectivity index (χ4v) is 3.46. The molecule has 0 radical (unpaired) electrons. The average molecular weight is 423 g/mol. The van der Waals surface area contributed by atoms with Crippen LogP contribution in [-0.2, 0) is 6.54 Å². The molecule has 0 saturated carbocycles. The number of fused-ring (bicyclic) bond motifs is 1. The highest BCUT2D eigenvalue weighted by molar-refractivity contribution is 6.02. The Morgan fingerprint density at radius 1 is 1.10 bits per heavy atom. The minimum absolute atomic E-state index is 0.344. The summed E-state index contributed by atoms with van der Waals surface area (Å²) in [7, 11) is 0. The number of nitrogens with zero attached hydrogens (tertiary/aromatic N) is 2. The first-order valence-electron chi connectivity index (χ1n) is 10.5. The molecule has 1 amide bonds. The Morgan fingerprint density at radius 2 is 1.81 bits per heavy atom. The Labute approximate surface area is 180 Å². The second-order valence-electron chi connectivity index (χ2n) is 7.36. The smallest absolute Gasteiger partial charge is 0.280 e. The van der Waals surface area contributed by atoms with Gasteiger partial charge < -0.3 is 9.67 Å². The second-order valence-corrected chi connectivity index (χ2v) is 7.36. The standard InChI is InChI=1S/C24H26FN3O3/c1-2-3-4-5-8-15-28-20-10-7-6-9-19(20)22(29)21(24(28)31)23(30)27-26-16-17-11-13-18(25)14-12-17/h6-7,9-14,16,29H,2-5,8,15H2,1H3,(H,27,30). The highest BCUT2D eigenvalue weighted by atomic mass is 19.1. The summed E-state index contributed by atoms with van der Waals surface area (Å²) in [5.41, 5.74) is 2.55. The highest BCUT2D eigenvalue weighted by Gasteiger charge is 2.21. The van der Waals surface area contributed by atoms with Gasteiger partial charge in [-0.1, -0.05) is 56.9 Å². The molecule has 0 aliphatic heterocycles. The molecule has 0 bridgehead atoms. The number of rotatable bonds is 9. The van der Waals surface area contributed by atoms with Gasteiger partial charge in [0.1, 0.15) is 17.1 Å². The molecule has 0 spiro atoms. The molecule has 3 aromatic rings. The van der Waals surface area contributed by atoms with Crippen molar-refractivity contribution < 1.29 is 14.3 Å². The molecular formula is C24H26FN3O3. The number of benzene rings is 2. The Hall–Kier alpha value is -3.48. The third kappa shape index (κ3) is 5.36. The van der Waals surface area contributed by atoms with Gasteiger partial charge >= 0.3 is 0 Å². The van der Waals surface area contributed by atoms with E-state index in [4.69, 9.17) is 0 Å². The number of carbonyl (C=O) groups excluding carboxylic acids is 1. The second kappa shape index (κ2) is 10.5. The molecule has 0 aliphatic carbocycles. The number of carbonyl (C=O) groups is 1. The molecule has 31 heavy (non-hydrogen) atoms. The van der Waals surface area contributed by atoms with Gasteiger partial charge in [-0.25, -0.2) is 9.82 Å². The maximum absolute atomic E-state index is 13.1. The number of nitrogens with one attached hydrogen (secondary N) is 1. The number of unbranched alkanes of at least 4 members (excludes halogenated alkanes) is 4. The lowest BCUT2D eigenvalue weighted by molar-refractivity contribution is 0.0950. The minimum Gasteiger partial charge on any atom is -0.506 e. The SMILES string of the molecule is CCCCCCCn1c(=O)c(C(=O)NN=Cc2ccc(F)cc2)c(O)c2ccccc21. The zero-order chi connectivity index (χ0) is 22.2. The first-order valence-corrected chi connectivity index (χ1v) is 10.5. The summed E-state index contributed by atoms with van der Waals surface area (Å²) in [6.45, 7) is 2.60. The highest BCUT2D eigenvalue weighted by Crippen LogP contribution is 2.26. The zero-order valence-corrected chi connectivity index (χ0v) is 17.5. The van der Waals surface area contributed by atoms with E-state index in [2.05, 4.69) is 17.5 Å². The van der Waals surface area contributed by atoms with E-state index in [9.17, 15) is 19.1 Å². The average Bonchev–Trinajstić information content (AvgIpc) is 2.77. The molecule has 162 valence electrons. The monoisotopic (exact) mass is 423 g/mol. The molecule has 0 saturated heterocycles. The van der Waals surface area contributed by atoms with Gasteiger partial charge in [0.25, 0.3) is 11.5 Å². The van der Waals surface area contributed by atoms with Crippen LogP contribution in [0.25, 0.3) is 10.9 Å². The Bertz CT molecular complexity index is 1140. The topological polar surface area (TPSA) is 83.7 Å². The zero-order valence-electron chi connectivity index (χ0n) is 17.5. The van der Waals surface area contributed by atoms with E-state index in [1.54, 1.807) is 28.8 Å². The Kier molecular flexibility index (Phi) is 7.54. The van der Waals surface area contributed by atoms with E-state index in [0.717, 1.165) is 32.1 Å². The molecule has 0 fully saturated rings. The number of halogens is 1. The van der Waals surface area contributed by atoms with Gasteiger partial charge in [0.2, 0.25) is 0 Å². The maximum Gasteiger partial charge on any atom is 0.280 e. The first kappa shape index (κ1) is 22.2. The van der Waals surface area contributed by atoms with Gasteiger partial charge in [-0.3, -0.25) is 9.59 Å². The molecule has 2 N–H and O–H groups in total. The number of aromatic hydroxyl groups is 1. The van der Waals surface area contributed by atoms with Crippen LogP contribution < -0.4 is 11.0 Å². The van der Waals surface area contributed by atoms with Crippen molar-refractivity contribution >= 4 is 23.0 Å². The maximum atomic E-state index is 13.1. The van der Waals surface area contributed by atoms with Crippen LogP contribution in [0.4, 0.5) is 4.39 Å². The van der Waals surface area contributed by atoms with Crippen molar-refractivity contribution in [3.63, 3.8) is 0 Å². The molecule has 2 aromatic carbocycles. The largest absolute Gasteiger partial charge is 0.506 e. The number of aromatic nitrogens is 1. The molecular weight excluding hydrogens is 397 g/mol. The predicted octanol–water partition coefficient (Wildman–Crippen LogP) is 4.58. The summed E-state index contributed by atoms with van der Waals surface area (Å²) in [5.74, 6) is -1.54. The summed E-state index contributed by atoms with van der Waals surface area (Å²) in [6.07, 6.45) is 6.49. The summed E-state index contributed by atoms with van der Waals surface area (Å²) < 4.78 is 14.5. The number of amides is 1. The number of hydrogen-bond acceptors (Lipinski definition) is 4. The van der Waals surface area contributed by atoms with E-state index in [0.29, 0.717) is 23.0 Å². The molecule has 1 heterocycles. The summed E-state index contributed by atoms with van der Waals surface area (Å²) in [5, 5.41) is 14.9. The van der Waals surface area contributed by atoms with Gasteiger partial charge in [-0.05, 0) is 36.2 Å². The lowest BCUT2D eigenvalue weighted by atomic mass is 10.1. The molecule has 6 nitrogen and oxygen atoms in total. The van der Waals surface area contributed by atoms with Crippen molar-refractivity contribution in [1.82, 2.24) is 9.99 Å². The fraction of sp³-hybridized carbons (Fsp3) is 0.292. The van der Waals surface area contributed by atoms with Crippen molar-refractivity contribution in [3.8, 4) is 5.75 Å². The molecule has 7 heteroatoms. The van der Waals surface area contributed by atoms with E-state index in [-0.39, 0.29) is 17.1 Å². The van der Waals surface area contributed by atoms with Crippen molar-refractivity contribution in [3.05, 3.63) is 75.8 Å². The molecule has 0 atom stereocenters. The lowest BCUT2D eigenvalue weighted by Crippen LogP contribution is -2.31. The fourth-order valence-electron chi connectivity index (χ4n) is 3.46. The van der Waals surface area contributed by atoms with Crippen LogP contribution >= 0.6 is 0 Å². The van der Waals surface area contributed by atoms with E-state index < -0.39 is 11.5 Å². The van der Waals surface area contributed by atoms with Crippen LogP contribution in [0.5, 0.6) is 5.75 Å². The van der Waals surface area contributed by atoms with Crippen LogP contribution in [0, 0.1) is 5.82 Å². The van der Waals surface area contributed by atoms with E-state index >= 15 is 0 Å². The van der Waals surface area contributed by atoms with E-state index in [1.807, 2.05) is 0 Å². The Balaban J connectivity index is 1.87. The quantitative estimate of drug-likeness (QED) is 0.300. The number of hydrazone groups is 1. The van der Waals surface area contributed by atoms with Crippen LogP contribution in [0.3, 0.4) is 0 Å². The minimum atomic E-state index is -0.800. The van der Waals surface area contributed by atoms with Gasteiger partial charge in [0.05, 0.1) is 11.7 Å². The first-order chi connectivity index (χ1) is 15.0. The predicted molar refractivity (Wildman–Crippen MR) is 120 cm³/mol. The summed E-state index contributed by atoms with van der Waals surface area (Å²) >= 11 is 0. The van der Waals surface area contributed by atoms with Crippen LogP contribution in [0.1, 0.15) is 54.9 Å². The van der Waals surface area contributed by atoms with Gasteiger partial charge in [-0.15, -0.1) is 0 Å². The van der Waals surface area contributed by atoms with Gasteiger partial charge in [0, 0.05) is 11.9 Å². The summed E-state index contributed by atoms with van der Waals surface area (Å²) in [6, 6.07) is 12.5. The van der Waals surface area contributed by atoms with E-state index in [1.165, 1.54) is 30.5 Å². The van der Waals surface area contributed by atoms with Crippen LogP contribution in [0.2, 0.25) is 0 Å². The number of pyridine rings is 1. The number of para-hydroxylation sites is 1. The molecule has 3 rings (SSSR count). The van der Waals surface area contributed by atoms with Crippen molar-refractivity contribution in [2.24, 2.45) is 5.10 Å². The molecule has 0 aliphatic rings. The number of aryl methyl sites for hydroxylation is 1. The third-order valence-corrected chi connectivity index (χ3v) is 5.11. The lowest BCUT2D eigenvalue weighted by Gasteiger charge is -2.14. The van der Waals surface area contributed by atoms with Crippen LogP contribution in [-0.4, -0.2) is 21.8 Å². The molecule has 1 aromatic heterocycles. The molecule has 0 unspecified atom stereocenters. The van der Waals surface area contributed by atoms with Gasteiger partial charge in [0.15, 0.2) is 0 Å². The van der Waals surface area contributed by atoms with Crippen molar-refractivity contribution in [1.29, 1.82) is 0 Å². The van der Waals surface area contributed by atoms with Crippen molar-refractivity contribution in [2.45, 2.75) is 45.6 Å². The summed E-state index contributed by atoms with van der Waals surface area (Å²) in [4.78, 5) is 25.8. The normalized spacial score (nSPS) is 11.3. The Morgan fingerprint density at radius 3 is 2.55 bits per heavy atom. The van der Waals surface area contributed by atoms with Crippen LogP contribution in [0.15, 0.2) is 58.4 Å².